The van der Waals surface area contributed by atoms with E-state index < -0.39 is 0 Å². The van der Waals surface area contributed by atoms with Gasteiger partial charge in [0.15, 0.2) is 0 Å². The summed E-state index contributed by atoms with van der Waals surface area (Å²) in [5.74, 6) is 1.19. The van der Waals surface area contributed by atoms with Gasteiger partial charge in [-0.25, -0.2) is 4.98 Å². The number of nitrogen functional groups attached to an aromatic ring is 1. The van der Waals surface area contributed by atoms with E-state index in [1.807, 2.05) is 12.1 Å². The fourth-order valence-electron chi connectivity index (χ4n) is 2.28. The average Bonchev–Trinajstić information content (AvgIpc) is 2.70. The van der Waals surface area contributed by atoms with Crippen molar-refractivity contribution in [3.05, 3.63) is 23.9 Å². The first-order valence-corrected chi connectivity index (χ1v) is 5.25. The Bertz CT molecular complexity index is 305. The quantitative estimate of drug-likeness (QED) is 0.749. The van der Waals surface area contributed by atoms with E-state index in [9.17, 15) is 0 Å². The highest BCUT2D eigenvalue weighted by molar-refractivity contribution is 5.41. The molecular formula is C11H17N3. The van der Waals surface area contributed by atoms with Gasteiger partial charge < -0.3 is 11.5 Å². The summed E-state index contributed by atoms with van der Waals surface area (Å²) in [4.78, 5) is 4.07. The highest BCUT2D eigenvalue weighted by atomic mass is 14.8. The van der Waals surface area contributed by atoms with Crippen LogP contribution in [0.2, 0.25) is 0 Å². The molecule has 0 amide bonds. The minimum atomic E-state index is 0.0752. The van der Waals surface area contributed by atoms with Gasteiger partial charge in [-0.1, -0.05) is 18.9 Å². The Morgan fingerprint density at radius 2 is 2.07 bits per heavy atom. The third-order valence-electron chi connectivity index (χ3n) is 3.14. The van der Waals surface area contributed by atoms with E-state index in [1.165, 1.54) is 25.7 Å². The van der Waals surface area contributed by atoms with E-state index >= 15 is 0 Å². The molecule has 1 aliphatic rings. The highest BCUT2D eigenvalue weighted by Gasteiger charge is 2.24. The summed E-state index contributed by atoms with van der Waals surface area (Å²) >= 11 is 0. The maximum absolute atomic E-state index is 6.18. The summed E-state index contributed by atoms with van der Waals surface area (Å²) in [5, 5.41) is 0. The topological polar surface area (TPSA) is 64.9 Å². The summed E-state index contributed by atoms with van der Waals surface area (Å²) < 4.78 is 0. The normalized spacial score (nSPS) is 19.8. The van der Waals surface area contributed by atoms with Crippen LogP contribution in [0.4, 0.5) is 5.82 Å². The van der Waals surface area contributed by atoms with Gasteiger partial charge in [-0.05, 0) is 24.8 Å². The van der Waals surface area contributed by atoms with Gasteiger partial charge >= 0.3 is 0 Å². The van der Waals surface area contributed by atoms with Crippen LogP contribution in [0, 0.1) is 5.92 Å². The molecule has 0 unspecified atom stereocenters. The smallest absolute Gasteiger partial charge is 0.128 e. The molecule has 0 radical (unpaired) electrons. The predicted octanol–water partition coefficient (Wildman–Crippen LogP) is 1.85. The first-order chi connectivity index (χ1) is 6.79. The lowest BCUT2D eigenvalue weighted by Crippen LogP contribution is -2.20. The third-order valence-corrected chi connectivity index (χ3v) is 3.14. The van der Waals surface area contributed by atoms with Gasteiger partial charge in [0.05, 0.1) is 0 Å². The molecule has 1 fully saturated rings. The molecule has 1 aliphatic carbocycles. The van der Waals surface area contributed by atoms with Crippen molar-refractivity contribution in [2.45, 2.75) is 31.7 Å². The molecule has 2 rings (SSSR count). The van der Waals surface area contributed by atoms with Crippen LogP contribution < -0.4 is 11.5 Å². The van der Waals surface area contributed by atoms with Crippen LogP contribution in [-0.2, 0) is 0 Å². The van der Waals surface area contributed by atoms with Crippen molar-refractivity contribution in [1.82, 2.24) is 4.98 Å². The van der Waals surface area contributed by atoms with Crippen LogP contribution in [-0.4, -0.2) is 4.98 Å². The summed E-state index contributed by atoms with van der Waals surface area (Å²) in [6, 6.07) is 3.97. The zero-order valence-corrected chi connectivity index (χ0v) is 8.32. The summed E-state index contributed by atoms with van der Waals surface area (Å²) in [7, 11) is 0. The maximum Gasteiger partial charge on any atom is 0.128 e. The fraction of sp³-hybridized carbons (Fsp3) is 0.545. The number of aromatic nitrogens is 1. The van der Waals surface area contributed by atoms with Crippen LogP contribution in [0.3, 0.4) is 0 Å². The van der Waals surface area contributed by atoms with Crippen molar-refractivity contribution in [2.24, 2.45) is 11.7 Å². The third kappa shape index (κ3) is 1.73. The Balaban J connectivity index is 2.17. The molecule has 1 atom stereocenters. The lowest BCUT2D eigenvalue weighted by Gasteiger charge is -2.19. The van der Waals surface area contributed by atoms with Crippen molar-refractivity contribution in [3.8, 4) is 0 Å². The second-order valence-corrected chi connectivity index (χ2v) is 4.05. The van der Waals surface area contributed by atoms with E-state index in [4.69, 9.17) is 11.5 Å². The van der Waals surface area contributed by atoms with Crippen molar-refractivity contribution in [3.63, 3.8) is 0 Å². The summed E-state index contributed by atoms with van der Waals surface area (Å²) in [6.07, 6.45) is 6.78. The zero-order valence-electron chi connectivity index (χ0n) is 8.32. The van der Waals surface area contributed by atoms with Gasteiger partial charge in [0.1, 0.15) is 5.82 Å². The van der Waals surface area contributed by atoms with E-state index in [2.05, 4.69) is 4.98 Å². The first-order valence-electron chi connectivity index (χ1n) is 5.25. The number of anilines is 1. The van der Waals surface area contributed by atoms with Gasteiger partial charge in [0, 0.05) is 17.8 Å². The van der Waals surface area contributed by atoms with Crippen molar-refractivity contribution in [2.75, 3.05) is 5.73 Å². The molecule has 76 valence electrons. The van der Waals surface area contributed by atoms with Crippen LogP contribution >= 0.6 is 0 Å². The molecule has 3 heteroatoms. The van der Waals surface area contributed by atoms with E-state index in [0.717, 1.165) is 5.56 Å². The molecule has 1 aromatic rings. The fourth-order valence-corrected chi connectivity index (χ4v) is 2.28. The van der Waals surface area contributed by atoms with Crippen molar-refractivity contribution < 1.29 is 0 Å². The Morgan fingerprint density at radius 3 is 2.71 bits per heavy atom. The number of pyridine rings is 1. The second kappa shape index (κ2) is 3.96. The SMILES string of the molecule is Nc1ncccc1[C@H](N)C1CCCC1. The number of hydrogen-bond acceptors (Lipinski definition) is 3. The lowest BCUT2D eigenvalue weighted by molar-refractivity contribution is 0.445. The zero-order chi connectivity index (χ0) is 9.97. The summed E-state index contributed by atoms with van der Waals surface area (Å²) in [5.41, 5.74) is 13.0. The van der Waals surface area contributed by atoms with Gasteiger partial charge in [-0.3, -0.25) is 0 Å². The first kappa shape index (κ1) is 9.46. The van der Waals surface area contributed by atoms with Crippen LogP contribution in [0.15, 0.2) is 18.3 Å². The van der Waals surface area contributed by atoms with Crippen LogP contribution in [0.1, 0.15) is 37.3 Å². The van der Waals surface area contributed by atoms with Crippen LogP contribution in [0.25, 0.3) is 0 Å². The van der Waals surface area contributed by atoms with Crippen LogP contribution in [0.5, 0.6) is 0 Å². The largest absolute Gasteiger partial charge is 0.383 e. The van der Waals surface area contributed by atoms with E-state index in [-0.39, 0.29) is 6.04 Å². The van der Waals surface area contributed by atoms with E-state index in [0.29, 0.717) is 11.7 Å². The van der Waals surface area contributed by atoms with Gasteiger partial charge in [0.2, 0.25) is 0 Å². The number of hydrogen-bond donors (Lipinski definition) is 2. The molecule has 0 aromatic carbocycles. The number of rotatable bonds is 2. The predicted molar refractivity (Wildman–Crippen MR) is 57.5 cm³/mol. The monoisotopic (exact) mass is 191 g/mol. The molecule has 3 nitrogen and oxygen atoms in total. The van der Waals surface area contributed by atoms with Gasteiger partial charge in [0.25, 0.3) is 0 Å². The standard InChI is InChI=1S/C11H17N3/c12-10(8-4-1-2-5-8)9-6-3-7-14-11(9)13/h3,6-8,10H,1-2,4-5,12H2,(H2,13,14)/t10-/m1/s1. The Morgan fingerprint density at radius 1 is 1.36 bits per heavy atom. The molecule has 0 bridgehead atoms. The molecule has 0 saturated heterocycles. The molecule has 4 N–H and O–H groups in total. The lowest BCUT2D eigenvalue weighted by atomic mass is 9.93. The molecule has 1 aromatic heterocycles. The molecule has 14 heavy (non-hydrogen) atoms. The van der Waals surface area contributed by atoms with Crippen molar-refractivity contribution in [1.29, 1.82) is 0 Å². The van der Waals surface area contributed by atoms with Gasteiger partial charge in [-0.2, -0.15) is 0 Å². The maximum atomic E-state index is 6.18. The highest BCUT2D eigenvalue weighted by Crippen LogP contribution is 2.35. The Kier molecular flexibility index (Phi) is 2.68. The molecule has 1 heterocycles. The average molecular weight is 191 g/mol. The minimum Gasteiger partial charge on any atom is -0.383 e. The number of nitrogens with two attached hydrogens (primary N) is 2. The Labute approximate surface area is 84.5 Å². The Hall–Kier alpha value is -1.09. The molecule has 0 spiro atoms. The molecule has 0 aliphatic heterocycles. The second-order valence-electron chi connectivity index (χ2n) is 4.05. The minimum absolute atomic E-state index is 0.0752. The van der Waals surface area contributed by atoms with E-state index in [1.54, 1.807) is 6.20 Å². The molecule has 1 saturated carbocycles. The van der Waals surface area contributed by atoms with Gasteiger partial charge in [-0.15, -0.1) is 0 Å². The van der Waals surface area contributed by atoms with Crippen molar-refractivity contribution >= 4 is 5.82 Å². The number of nitrogens with zero attached hydrogens (tertiary/aromatic N) is 1. The molecular weight excluding hydrogens is 174 g/mol. The summed E-state index contributed by atoms with van der Waals surface area (Å²) in [6.45, 7) is 0.